The van der Waals surface area contributed by atoms with Gasteiger partial charge in [0.1, 0.15) is 5.92 Å². The largest absolute Gasteiger partial charge is 0.465 e. The van der Waals surface area contributed by atoms with Gasteiger partial charge in [-0.15, -0.1) is 18.8 Å². The van der Waals surface area contributed by atoms with Crippen molar-refractivity contribution in [3.05, 3.63) is 12.2 Å². The van der Waals surface area contributed by atoms with Gasteiger partial charge in [-0.3, -0.25) is 14.4 Å². The SMILES string of the molecule is C#C[C@@H](CNC(=O)[C@@H]1CCCN(C(=O)/C=C/C2CCNCC2)C1)C(=O)OCCCCC.Cl. The fourth-order valence-corrected chi connectivity index (χ4v) is 3.93. The normalized spacial score (nSPS) is 20.1. The first-order valence-corrected chi connectivity index (χ1v) is 11.6. The highest BCUT2D eigenvalue weighted by atomic mass is 35.5. The molecule has 32 heavy (non-hydrogen) atoms. The van der Waals surface area contributed by atoms with E-state index >= 15 is 0 Å². The number of esters is 1. The summed E-state index contributed by atoms with van der Waals surface area (Å²) in [5, 5.41) is 6.10. The number of piperidine rings is 2. The summed E-state index contributed by atoms with van der Waals surface area (Å²) < 4.78 is 5.20. The first kappa shape index (κ1) is 28.0. The highest BCUT2D eigenvalue weighted by molar-refractivity contribution is 5.88. The number of hydrogen-bond donors (Lipinski definition) is 2. The molecule has 7 nitrogen and oxygen atoms in total. The van der Waals surface area contributed by atoms with Crippen LogP contribution in [0.3, 0.4) is 0 Å². The second-order valence-electron chi connectivity index (χ2n) is 8.41. The van der Waals surface area contributed by atoms with Crippen LogP contribution in [0.4, 0.5) is 0 Å². The third kappa shape index (κ3) is 9.62. The lowest BCUT2D eigenvalue weighted by molar-refractivity contribution is -0.146. The van der Waals surface area contributed by atoms with Crippen molar-refractivity contribution < 1.29 is 19.1 Å². The Bertz CT molecular complexity index is 671. The molecule has 2 heterocycles. The molecule has 2 N–H and O–H groups in total. The third-order valence-electron chi connectivity index (χ3n) is 5.96. The maximum atomic E-state index is 12.6. The minimum absolute atomic E-state index is 0. The van der Waals surface area contributed by atoms with E-state index in [2.05, 4.69) is 23.5 Å². The van der Waals surface area contributed by atoms with Crippen molar-refractivity contribution in [3.63, 3.8) is 0 Å². The maximum absolute atomic E-state index is 12.6. The zero-order valence-corrected chi connectivity index (χ0v) is 20.0. The Morgan fingerprint density at radius 3 is 2.69 bits per heavy atom. The molecule has 2 saturated heterocycles. The molecule has 0 aliphatic carbocycles. The molecule has 0 radical (unpaired) electrons. The van der Waals surface area contributed by atoms with E-state index in [1.807, 2.05) is 6.08 Å². The van der Waals surface area contributed by atoms with Crippen molar-refractivity contribution in [2.45, 2.75) is 51.9 Å². The predicted octanol–water partition coefficient (Wildman–Crippen LogP) is 2.30. The monoisotopic (exact) mass is 467 g/mol. The van der Waals surface area contributed by atoms with E-state index < -0.39 is 11.9 Å². The number of allylic oxidation sites excluding steroid dienone is 1. The number of hydrogen-bond acceptors (Lipinski definition) is 5. The Morgan fingerprint density at radius 1 is 1.25 bits per heavy atom. The number of likely N-dealkylation sites (tertiary alicyclic amines) is 1. The number of carbonyl (C=O) groups excluding carboxylic acids is 3. The van der Waals surface area contributed by atoms with Gasteiger partial charge in [0.2, 0.25) is 11.8 Å². The van der Waals surface area contributed by atoms with Crippen molar-refractivity contribution in [1.29, 1.82) is 0 Å². The summed E-state index contributed by atoms with van der Waals surface area (Å²) >= 11 is 0. The van der Waals surface area contributed by atoms with E-state index in [1.54, 1.807) is 11.0 Å². The van der Waals surface area contributed by atoms with Gasteiger partial charge in [0, 0.05) is 19.6 Å². The standard InChI is InChI=1S/C24H37N3O4.ClH/c1-3-5-6-16-31-24(30)20(4-2)17-26-23(29)21-8-7-15-27(18-21)22(28)10-9-19-11-13-25-14-12-19;/h2,9-10,19-21,25H,3,5-8,11-18H2,1H3,(H,26,29);1H/b10-9+;/t20-,21+;/m0./s1. The summed E-state index contributed by atoms with van der Waals surface area (Å²) in [6.45, 7) is 5.51. The second kappa shape index (κ2) is 15.7. The average molecular weight is 468 g/mol. The van der Waals surface area contributed by atoms with Gasteiger partial charge in [0.15, 0.2) is 0 Å². The molecule has 0 unspecified atom stereocenters. The molecule has 2 rings (SSSR count). The van der Waals surface area contributed by atoms with Crippen LogP contribution in [-0.4, -0.2) is 62.0 Å². The van der Waals surface area contributed by atoms with Gasteiger partial charge in [-0.25, -0.2) is 0 Å². The molecular weight excluding hydrogens is 430 g/mol. The van der Waals surface area contributed by atoms with Crippen molar-refractivity contribution in [3.8, 4) is 12.3 Å². The zero-order chi connectivity index (χ0) is 22.5. The molecule has 2 atom stereocenters. The highest BCUT2D eigenvalue weighted by Crippen LogP contribution is 2.18. The van der Waals surface area contributed by atoms with E-state index in [0.29, 0.717) is 25.6 Å². The van der Waals surface area contributed by atoms with Crippen LogP contribution in [0.25, 0.3) is 0 Å². The second-order valence-corrected chi connectivity index (χ2v) is 8.41. The van der Waals surface area contributed by atoms with Gasteiger partial charge in [-0.05, 0) is 57.2 Å². The summed E-state index contributed by atoms with van der Waals surface area (Å²) in [7, 11) is 0. The van der Waals surface area contributed by atoms with E-state index in [9.17, 15) is 14.4 Å². The van der Waals surface area contributed by atoms with Crippen LogP contribution < -0.4 is 10.6 Å². The zero-order valence-electron chi connectivity index (χ0n) is 19.1. The molecule has 0 bridgehead atoms. The van der Waals surface area contributed by atoms with Crippen LogP contribution in [0.15, 0.2) is 12.2 Å². The number of nitrogens with one attached hydrogen (secondary N) is 2. The Kier molecular flexibility index (Phi) is 13.7. The Labute approximate surface area is 198 Å². The van der Waals surface area contributed by atoms with Gasteiger partial charge in [0.05, 0.1) is 12.5 Å². The Morgan fingerprint density at radius 2 is 2.00 bits per heavy atom. The van der Waals surface area contributed by atoms with Gasteiger partial charge < -0.3 is 20.3 Å². The molecular formula is C24H38ClN3O4. The lowest BCUT2D eigenvalue weighted by atomic mass is 9.96. The third-order valence-corrected chi connectivity index (χ3v) is 5.96. The Hall–Kier alpha value is -2.04. The number of halogens is 1. The molecule has 0 spiro atoms. The number of carbonyl (C=O) groups is 3. The number of ether oxygens (including phenoxy) is 1. The van der Waals surface area contributed by atoms with E-state index in [-0.39, 0.29) is 36.7 Å². The smallest absolute Gasteiger partial charge is 0.322 e. The quantitative estimate of drug-likeness (QED) is 0.223. The number of unbranched alkanes of at least 4 members (excludes halogenated alkanes) is 2. The van der Waals surface area contributed by atoms with Crippen molar-refractivity contribution in [1.82, 2.24) is 15.5 Å². The van der Waals surface area contributed by atoms with Crippen molar-refractivity contribution in [2.24, 2.45) is 17.8 Å². The van der Waals surface area contributed by atoms with E-state index in [1.165, 1.54) is 0 Å². The molecule has 2 aliphatic heterocycles. The molecule has 2 amide bonds. The van der Waals surface area contributed by atoms with Gasteiger partial charge in [0.25, 0.3) is 0 Å². The topological polar surface area (TPSA) is 87.7 Å². The number of rotatable bonds is 10. The van der Waals surface area contributed by atoms with Gasteiger partial charge >= 0.3 is 5.97 Å². The van der Waals surface area contributed by atoms with Crippen LogP contribution in [0, 0.1) is 30.1 Å². The average Bonchev–Trinajstić information content (AvgIpc) is 2.81. The van der Waals surface area contributed by atoms with Crippen molar-refractivity contribution >= 4 is 30.2 Å². The van der Waals surface area contributed by atoms with Crippen LogP contribution >= 0.6 is 12.4 Å². The summed E-state index contributed by atoms with van der Waals surface area (Å²) in [6, 6.07) is 0. The fourth-order valence-electron chi connectivity index (χ4n) is 3.93. The number of nitrogens with zero attached hydrogens (tertiary/aromatic N) is 1. The first-order valence-electron chi connectivity index (χ1n) is 11.6. The minimum atomic E-state index is -0.792. The molecule has 2 fully saturated rings. The van der Waals surface area contributed by atoms with Crippen LogP contribution in [0.2, 0.25) is 0 Å². The van der Waals surface area contributed by atoms with E-state index in [0.717, 1.165) is 58.0 Å². The maximum Gasteiger partial charge on any atom is 0.322 e. The molecule has 8 heteroatoms. The number of amides is 2. The highest BCUT2D eigenvalue weighted by Gasteiger charge is 2.28. The molecule has 2 aliphatic rings. The molecule has 0 aromatic carbocycles. The van der Waals surface area contributed by atoms with Crippen molar-refractivity contribution in [2.75, 3.05) is 39.3 Å². The van der Waals surface area contributed by atoms with Crippen LogP contribution in [0.1, 0.15) is 51.9 Å². The summed E-state index contributed by atoms with van der Waals surface area (Å²) in [6.07, 6.45) is 15.6. The van der Waals surface area contributed by atoms with Gasteiger partial charge in [-0.2, -0.15) is 0 Å². The lowest BCUT2D eigenvalue weighted by Crippen LogP contribution is -2.46. The molecule has 0 saturated carbocycles. The van der Waals surface area contributed by atoms with E-state index in [4.69, 9.17) is 11.2 Å². The Balaban J connectivity index is 0.00000512. The molecule has 0 aromatic rings. The van der Waals surface area contributed by atoms with Gasteiger partial charge in [-0.1, -0.05) is 31.8 Å². The van der Waals surface area contributed by atoms with Crippen LogP contribution in [0.5, 0.6) is 0 Å². The lowest BCUT2D eigenvalue weighted by Gasteiger charge is -2.31. The number of terminal acetylenes is 1. The summed E-state index contributed by atoms with van der Waals surface area (Å²) in [5.41, 5.74) is 0. The summed E-state index contributed by atoms with van der Waals surface area (Å²) in [4.78, 5) is 39.0. The predicted molar refractivity (Wildman–Crippen MR) is 127 cm³/mol. The first-order chi connectivity index (χ1) is 15.0. The van der Waals surface area contributed by atoms with Crippen LogP contribution in [-0.2, 0) is 19.1 Å². The molecule has 0 aromatic heterocycles. The fraction of sp³-hybridized carbons (Fsp3) is 0.708. The molecule has 180 valence electrons. The summed E-state index contributed by atoms with van der Waals surface area (Å²) in [5.74, 6) is 1.10. The minimum Gasteiger partial charge on any atom is -0.465 e.